The monoisotopic (exact) mass is 417 g/mol. The van der Waals surface area contributed by atoms with Gasteiger partial charge in [0.25, 0.3) is 5.91 Å². The number of amides is 1. The number of anilines is 2. The molecule has 0 spiro atoms. The van der Waals surface area contributed by atoms with Gasteiger partial charge in [-0.1, -0.05) is 12.1 Å². The number of fused-ring (bicyclic) bond motifs is 1. The minimum atomic E-state index is -3.35. The standard InChI is InChI=1S/C21H24FN3O3S/c1-15-13-17-14-16(7-8-19(17)25(15)29(2,27)28)21(26)24-11-9-23(10-12-24)20-6-4-3-5-18(20)22/h3-8,14-15H,9-13H2,1-2H3/t15-/m1/s1. The molecular formula is C21H24FN3O3S. The lowest BCUT2D eigenvalue weighted by atomic mass is 10.1. The van der Waals surface area contributed by atoms with Crippen LogP contribution in [0.15, 0.2) is 42.5 Å². The summed E-state index contributed by atoms with van der Waals surface area (Å²) < 4.78 is 39.5. The highest BCUT2D eigenvalue weighted by molar-refractivity contribution is 7.92. The van der Waals surface area contributed by atoms with Gasteiger partial charge in [0.1, 0.15) is 5.82 Å². The molecule has 1 fully saturated rings. The van der Waals surface area contributed by atoms with Crippen LogP contribution < -0.4 is 9.21 Å². The Morgan fingerprint density at radius 3 is 2.38 bits per heavy atom. The van der Waals surface area contributed by atoms with Gasteiger partial charge in [-0.25, -0.2) is 12.8 Å². The van der Waals surface area contributed by atoms with E-state index in [-0.39, 0.29) is 17.8 Å². The topological polar surface area (TPSA) is 60.9 Å². The third kappa shape index (κ3) is 3.69. The van der Waals surface area contributed by atoms with Crippen molar-refractivity contribution < 1.29 is 17.6 Å². The van der Waals surface area contributed by atoms with Crippen molar-refractivity contribution in [3.8, 4) is 0 Å². The Balaban J connectivity index is 1.48. The van der Waals surface area contributed by atoms with Gasteiger partial charge in [-0.2, -0.15) is 0 Å². The van der Waals surface area contributed by atoms with E-state index < -0.39 is 10.0 Å². The normalized spacial score (nSPS) is 19.4. The molecule has 0 saturated carbocycles. The number of rotatable bonds is 3. The number of piperazine rings is 1. The largest absolute Gasteiger partial charge is 0.366 e. The van der Waals surface area contributed by atoms with Gasteiger partial charge < -0.3 is 9.80 Å². The maximum atomic E-state index is 14.0. The molecule has 0 unspecified atom stereocenters. The van der Waals surface area contributed by atoms with Gasteiger partial charge in [0.05, 0.1) is 17.6 Å². The maximum Gasteiger partial charge on any atom is 0.253 e. The quantitative estimate of drug-likeness (QED) is 0.770. The van der Waals surface area contributed by atoms with E-state index in [9.17, 15) is 17.6 Å². The Kier molecular flexibility index (Phi) is 4.98. The molecule has 6 nitrogen and oxygen atoms in total. The second-order valence-corrected chi connectivity index (χ2v) is 9.55. The van der Waals surface area contributed by atoms with E-state index in [4.69, 9.17) is 0 Å². The molecule has 0 radical (unpaired) electrons. The molecule has 0 aliphatic carbocycles. The van der Waals surface area contributed by atoms with E-state index >= 15 is 0 Å². The van der Waals surface area contributed by atoms with Crippen molar-refractivity contribution >= 4 is 27.3 Å². The molecule has 0 N–H and O–H groups in total. The van der Waals surface area contributed by atoms with Crippen LogP contribution in [-0.2, 0) is 16.4 Å². The van der Waals surface area contributed by atoms with Gasteiger partial charge in [-0.3, -0.25) is 9.10 Å². The highest BCUT2D eigenvalue weighted by Crippen LogP contribution is 2.35. The first-order valence-corrected chi connectivity index (χ1v) is 11.5. The van der Waals surface area contributed by atoms with Crippen LogP contribution in [0.1, 0.15) is 22.8 Å². The molecule has 1 atom stereocenters. The van der Waals surface area contributed by atoms with Gasteiger partial charge in [-0.05, 0) is 49.2 Å². The first-order valence-electron chi connectivity index (χ1n) is 9.67. The Labute approximate surface area is 170 Å². The number of carbonyl (C=O) groups excluding carboxylic acids is 1. The molecule has 8 heteroatoms. The first-order chi connectivity index (χ1) is 13.8. The van der Waals surface area contributed by atoms with Gasteiger partial charge in [0, 0.05) is 37.8 Å². The molecule has 1 amide bonds. The van der Waals surface area contributed by atoms with Crippen molar-refractivity contribution in [2.45, 2.75) is 19.4 Å². The number of hydrogen-bond acceptors (Lipinski definition) is 4. The molecule has 2 aliphatic heterocycles. The van der Waals surface area contributed by atoms with E-state index in [1.54, 1.807) is 35.2 Å². The van der Waals surface area contributed by atoms with Crippen LogP contribution >= 0.6 is 0 Å². The van der Waals surface area contributed by atoms with Crippen LogP contribution in [0.2, 0.25) is 0 Å². The van der Waals surface area contributed by atoms with E-state index in [1.165, 1.54) is 16.6 Å². The zero-order valence-electron chi connectivity index (χ0n) is 16.5. The summed E-state index contributed by atoms with van der Waals surface area (Å²) in [6, 6.07) is 11.7. The Morgan fingerprint density at radius 1 is 1.03 bits per heavy atom. The summed E-state index contributed by atoms with van der Waals surface area (Å²) in [5, 5.41) is 0. The highest BCUT2D eigenvalue weighted by atomic mass is 32.2. The van der Waals surface area contributed by atoms with E-state index in [0.717, 1.165) is 5.56 Å². The smallest absolute Gasteiger partial charge is 0.253 e. The van der Waals surface area contributed by atoms with Gasteiger partial charge in [0.2, 0.25) is 10.0 Å². The second-order valence-electron chi connectivity index (χ2n) is 7.69. The lowest BCUT2D eigenvalue weighted by Gasteiger charge is -2.36. The molecule has 4 rings (SSSR count). The first kappa shape index (κ1) is 19.7. The molecule has 0 aromatic heterocycles. The summed E-state index contributed by atoms with van der Waals surface area (Å²) in [5.74, 6) is -0.332. The summed E-state index contributed by atoms with van der Waals surface area (Å²) >= 11 is 0. The van der Waals surface area contributed by atoms with Crippen LogP contribution in [0, 0.1) is 5.82 Å². The average Bonchev–Trinajstić information content (AvgIpc) is 3.03. The minimum Gasteiger partial charge on any atom is -0.366 e. The fraction of sp³-hybridized carbons (Fsp3) is 0.381. The minimum absolute atomic E-state index is 0.0774. The van der Waals surface area contributed by atoms with Crippen LogP contribution in [0.25, 0.3) is 0 Å². The fourth-order valence-corrected chi connectivity index (χ4v) is 5.55. The summed E-state index contributed by atoms with van der Waals surface area (Å²) in [7, 11) is -3.35. The van der Waals surface area contributed by atoms with Crippen molar-refractivity contribution in [3.05, 3.63) is 59.4 Å². The van der Waals surface area contributed by atoms with Crippen LogP contribution in [0.5, 0.6) is 0 Å². The molecule has 154 valence electrons. The van der Waals surface area contributed by atoms with Crippen LogP contribution in [0.3, 0.4) is 0 Å². The summed E-state index contributed by atoms with van der Waals surface area (Å²) in [6.45, 7) is 4.02. The number of para-hydroxylation sites is 1. The highest BCUT2D eigenvalue weighted by Gasteiger charge is 2.33. The van der Waals surface area contributed by atoms with Gasteiger partial charge in [0.15, 0.2) is 0 Å². The number of nitrogens with zero attached hydrogens (tertiary/aromatic N) is 3. The molecule has 2 aromatic carbocycles. The van der Waals surface area contributed by atoms with Crippen molar-refractivity contribution in [3.63, 3.8) is 0 Å². The van der Waals surface area contributed by atoms with Crippen molar-refractivity contribution in [2.75, 3.05) is 41.6 Å². The molecule has 2 heterocycles. The molecule has 0 bridgehead atoms. The van der Waals surface area contributed by atoms with E-state index in [0.29, 0.717) is 49.5 Å². The van der Waals surface area contributed by atoms with Gasteiger partial charge in [-0.15, -0.1) is 0 Å². The molecular weight excluding hydrogens is 393 g/mol. The third-order valence-corrected chi connectivity index (χ3v) is 6.87. The summed E-state index contributed by atoms with van der Waals surface area (Å²) in [5.41, 5.74) is 2.65. The van der Waals surface area contributed by atoms with Crippen LogP contribution in [0.4, 0.5) is 15.8 Å². The Bertz CT molecular complexity index is 1050. The number of benzene rings is 2. The third-order valence-electron chi connectivity index (χ3n) is 5.60. The van der Waals surface area contributed by atoms with Gasteiger partial charge >= 0.3 is 0 Å². The summed E-state index contributed by atoms with van der Waals surface area (Å²) in [4.78, 5) is 16.7. The predicted molar refractivity (Wildman–Crippen MR) is 111 cm³/mol. The Hall–Kier alpha value is -2.61. The zero-order valence-corrected chi connectivity index (χ0v) is 17.3. The SMILES string of the molecule is C[C@@H]1Cc2cc(C(=O)N3CCN(c4ccccc4F)CC3)ccc2N1S(C)(=O)=O. The number of sulfonamides is 1. The lowest BCUT2D eigenvalue weighted by molar-refractivity contribution is 0.0746. The molecule has 2 aromatic rings. The summed E-state index contributed by atoms with van der Waals surface area (Å²) in [6.07, 6.45) is 1.79. The van der Waals surface area contributed by atoms with Crippen molar-refractivity contribution in [1.82, 2.24) is 4.90 Å². The number of carbonyl (C=O) groups is 1. The van der Waals surface area contributed by atoms with Crippen molar-refractivity contribution in [2.24, 2.45) is 0 Å². The van der Waals surface area contributed by atoms with E-state index in [1.807, 2.05) is 17.9 Å². The molecule has 2 aliphatic rings. The maximum absolute atomic E-state index is 14.0. The number of halogens is 1. The zero-order chi connectivity index (χ0) is 20.8. The van der Waals surface area contributed by atoms with Crippen molar-refractivity contribution in [1.29, 1.82) is 0 Å². The Morgan fingerprint density at radius 2 is 1.72 bits per heavy atom. The van der Waals surface area contributed by atoms with E-state index in [2.05, 4.69) is 0 Å². The lowest BCUT2D eigenvalue weighted by Crippen LogP contribution is -2.49. The molecule has 1 saturated heterocycles. The predicted octanol–water partition coefficient (Wildman–Crippen LogP) is 2.50. The second kappa shape index (κ2) is 7.33. The fourth-order valence-electron chi connectivity index (χ4n) is 4.28. The number of hydrogen-bond donors (Lipinski definition) is 0. The van der Waals surface area contributed by atoms with Crippen LogP contribution in [-0.4, -0.2) is 57.7 Å². The average molecular weight is 418 g/mol. The molecule has 29 heavy (non-hydrogen) atoms.